The summed E-state index contributed by atoms with van der Waals surface area (Å²) in [7, 11) is -1.44. The summed E-state index contributed by atoms with van der Waals surface area (Å²) in [4.78, 5) is 0. The van der Waals surface area contributed by atoms with Gasteiger partial charge in [-0.2, -0.15) is 0 Å². The van der Waals surface area contributed by atoms with Gasteiger partial charge in [0.2, 0.25) is 10.0 Å². The maximum absolute atomic E-state index is 11.6. The summed E-state index contributed by atoms with van der Waals surface area (Å²) in [6, 6.07) is 7.84. The Bertz CT molecular complexity index is 454. The second-order valence-electron chi connectivity index (χ2n) is 4.52. The molecule has 0 fully saturated rings. The molecule has 0 aliphatic carbocycles. The third-order valence-corrected chi connectivity index (χ3v) is 4.36. The SMILES string of the molecule is CCCCS(=O)(=O)NCCCc1ccc(OC)cc1. The van der Waals surface area contributed by atoms with E-state index in [-0.39, 0.29) is 5.75 Å². The fraction of sp³-hybridized carbons (Fsp3) is 0.571. The number of ether oxygens (including phenoxy) is 1. The van der Waals surface area contributed by atoms with Crippen molar-refractivity contribution in [3.05, 3.63) is 29.8 Å². The highest BCUT2D eigenvalue weighted by molar-refractivity contribution is 7.89. The molecule has 0 aliphatic heterocycles. The van der Waals surface area contributed by atoms with Crippen molar-refractivity contribution >= 4 is 10.0 Å². The van der Waals surface area contributed by atoms with Gasteiger partial charge < -0.3 is 4.74 Å². The first-order valence-corrected chi connectivity index (χ1v) is 8.33. The highest BCUT2D eigenvalue weighted by Gasteiger charge is 2.07. The summed E-state index contributed by atoms with van der Waals surface area (Å²) < 4.78 is 30.8. The third-order valence-electron chi connectivity index (χ3n) is 2.89. The average Bonchev–Trinajstić information content (AvgIpc) is 2.42. The molecule has 0 saturated carbocycles. The molecule has 1 aromatic rings. The summed E-state index contributed by atoms with van der Waals surface area (Å²) >= 11 is 0. The van der Waals surface area contributed by atoms with Gasteiger partial charge in [0.25, 0.3) is 0 Å². The van der Waals surface area contributed by atoms with Crippen molar-refractivity contribution in [2.24, 2.45) is 0 Å². The van der Waals surface area contributed by atoms with Crippen LogP contribution in [0.25, 0.3) is 0 Å². The minimum atomic E-state index is -3.08. The van der Waals surface area contributed by atoms with Gasteiger partial charge in [0.15, 0.2) is 0 Å². The Balaban J connectivity index is 2.26. The van der Waals surface area contributed by atoms with Gasteiger partial charge in [-0.3, -0.25) is 0 Å². The van der Waals surface area contributed by atoms with Crippen LogP contribution in [-0.4, -0.2) is 27.8 Å². The van der Waals surface area contributed by atoms with Crippen LogP contribution in [0.5, 0.6) is 5.75 Å². The third kappa shape index (κ3) is 6.59. The molecule has 0 atom stereocenters. The first-order chi connectivity index (χ1) is 9.07. The van der Waals surface area contributed by atoms with Gasteiger partial charge in [0.05, 0.1) is 12.9 Å². The van der Waals surface area contributed by atoms with Gasteiger partial charge in [-0.05, 0) is 37.0 Å². The predicted octanol–water partition coefficient (Wildman–Crippen LogP) is 2.35. The lowest BCUT2D eigenvalue weighted by atomic mass is 10.1. The number of unbranched alkanes of at least 4 members (excludes halogenated alkanes) is 1. The number of methoxy groups -OCH3 is 1. The Kier molecular flexibility index (Phi) is 6.87. The fourth-order valence-corrected chi connectivity index (χ4v) is 2.99. The fourth-order valence-electron chi connectivity index (χ4n) is 1.72. The van der Waals surface area contributed by atoms with E-state index in [1.807, 2.05) is 31.2 Å². The second-order valence-corrected chi connectivity index (χ2v) is 6.44. The van der Waals surface area contributed by atoms with Crippen molar-refractivity contribution in [1.82, 2.24) is 4.72 Å². The maximum Gasteiger partial charge on any atom is 0.211 e. The monoisotopic (exact) mass is 285 g/mol. The molecule has 0 aliphatic rings. The Morgan fingerprint density at radius 1 is 1.16 bits per heavy atom. The minimum Gasteiger partial charge on any atom is -0.497 e. The average molecular weight is 285 g/mol. The van der Waals surface area contributed by atoms with Gasteiger partial charge in [-0.1, -0.05) is 25.5 Å². The molecule has 0 saturated heterocycles. The Morgan fingerprint density at radius 2 is 1.84 bits per heavy atom. The van der Waals surface area contributed by atoms with E-state index in [2.05, 4.69) is 4.72 Å². The quantitative estimate of drug-likeness (QED) is 0.709. The molecular weight excluding hydrogens is 262 g/mol. The first kappa shape index (κ1) is 16.0. The molecule has 0 radical (unpaired) electrons. The topological polar surface area (TPSA) is 55.4 Å². The molecule has 0 unspecified atom stereocenters. The molecule has 0 aromatic heterocycles. The van der Waals surface area contributed by atoms with Crippen LogP contribution in [-0.2, 0) is 16.4 Å². The molecule has 19 heavy (non-hydrogen) atoms. The molecule has 0 heterocycles. The van der Waals surface area contributed by atoms with Crippen LogP contribution in [0.15, 0.2) is 24.3 Å². The van der Waals surface area contributed by atoms with E-state index in [1.165, 1.54) is 5.56 Å². The van der Waals surface area contributed by atoms with Crippen molar-refractivity contribution in [3.63, 3.8) is 0 Å². The van der Waals surface area contributed by atoms with E-state index in [9.17, 15) is 8.42 Å². The Hall–Kier alpha value is -1.07. The highest BCUT2D eigenvalue weighted by Crippen LogP contribution is 2.12. The van der Waals surface area contributed by atoms with Crippen LogP contribution in [0, 0.1) is 0 Å². The van der Waals surface area contributed by atoms with E-state index < -0.39 is 10.0 Å². The van der Waals surface area contributed by atoms with Gasteiger partial charge >= 0.3 is 0 Å². The van der Waals surface area contributed by atoms with E-state index in [4.69, 9.17) is 4.74 Å². The summed E-state index contributed by atoms with van der Waals surface area (Å²) in [5, 5.41) is 0. The van der Waals surface area contributed by atoms with Crippen molar-refractivity contribution < 1.29 is 13.2 Å². The zero-order valence-corrected chi connectivity index (χ0v) is 12.5. The van der Waals surface area contributed by atoms with Crippen molar-refractivity contribution in [3.8, 4) is 5.75 Å². The van der Waals surface area contributed by atoms with E-state index in [0.29, 0.717) is 13.0 Å². The lowest BCUT2D eigenvalue weighted by Gasteiger charge is -2.06. The van der Waals surface area contributed by atoms with E-state index in [0.717, 1.165) is 25.0 Å². The zero-order chi connectivity index (χ0) is 14.1. The Morgan fingerprint density at radius 3 is 2.42 bits per heavy atom. The highest BCUT2D eigenvalue weighted by atomic mass is 32.2. The number of benzene rings is 1. The van der Waals surface area contributed by atoms with Crippen molar-refractivity contribution in [2.75, 3.05) is 19.4 Å². The normalized spacial score (nSPS) is 11.5. The Labute approximate surface area is 116 Å². The van der Waals surface area contributed by atoms with Gasteiger partial charge in [-0.25, -0.2) is 13.1 Å². The number of hydrogen-bond donors (Lipinski definition) is 1. The standard InChI is InChI=1S/C14H23NO3S/c1-3-4-12-19(16,17)15-11-5-6-13-7-9-14(18-2)10-8-13/h7-10,15H,3-6,11-12H2,1-2H3. The molecule has 4 nitrogen and oxygen atoms in total. The van der Waals surface area contributed by atoms with Gasteiger partial charge in [0, 0.05) is 6.54 Å². The molecule has 1 aromatic carbocycles. The van der Waals surface area contributed by atoms with Crippen LogP contribution < -0.4 is 9.46 Å². The number of nitrogens with one attached hydrogen (secondary N) is 1. The number of rotatable bonds is 9. The molecule has 0 amide bonds. The smallest absolute Gasteiger partial charge is 0.211 e. The van der Waals surface area contributed by atoms with E-state index in [1.54, 1.807) is 7.11 Å². The lowest BCUT2D eigenvalue weighted by molar-refractivity contribution is 0.414. The zero-order valence-electron chi connectivity index (χ0n) is 11.7. The summed E-state index contributed by atoms with van der Waals surface area (Å²) in [5.41, 5.74) is 1.19. The number of sulfonamides is 1. The van der Waals surface area contributed by atoms with Crippen LogP contribution in [0.4, 0.5) is 0 Å². The molecular formula is C14H23NO3S. The molecule has 0 bridgehead atoms. The summed E-state index contributed by atoms with van der Waals surface area (Å²) in [6.07, 6.45) is 3.28. The van der Waals surface area contributed by atoms with Crippen molar-refractivity contribution in [2.45, 2.75) is 32.6 Å². The van der Waals surface area contributed by atoms with Crippen LogP contribution >= 0.6 is 0 Å². The predicted molar refractivity (Wildman–Crippen MR) is 78.0 cm³/mol. The molecule has 1 rings (SSSR count). The maximum atomic E-state index is 11.6. The van der Waals surface area contributed by atoms with Crippen LogP contribution in [0.1, 0.15) is 31.7 Å². The second kappa shape index (κ2) is 8.17. The van der Waals surface area contributed by atoms with Gasteiger partial charge in [0.1, 0.15) is 5.75 Å². The summed E-state index contributed by atoms with van der Waals surface area (Å²) in [5.74, 6) is 1.07. The molecule has 5 heteroatoms. The number of aryl methyl sites for hydroxylation is 1. The number of hydrogen-bond acceptors (Lipinski definition) is 3. The van der Waals surface area contributed by atoms with Crippen LogP contribution in [0.2, 0.25) is 0 Å². The largest absolute Gasteiger partial charge is 0.497 e. The summed E-state index contributed by atoms with van der Waals surface area (Å²) in [6.45, 7) is 2.48. The molecule has 1 N–H and O–H groups in total. The van der Waals surface area contributed by atoms with Gasteiger partial charge in [-0.15, -0.1) is 0 Å². The van der Waals surface area contributed by atoms with Crippen molar-refractivity contribution in [1.29, 1.82) is 0 Å². The molecule has 108 valence electrons. The minimum absolute atomic E-state index is 0.228. The van der Waals surface area contributed by atoms with Crippen LogP contribution in [0.3, 0.4) is 0 Å². The first-order valence-electron chi connectivity index (χ1n) is 6.67. The van der Waals surface area contributed by atoms with E-state index >= 15 is 0 Å². The lowest BCUT2D eigenvalue weighted by Crippen LogP contribution is -2.27. The molecule has 0 spiro atoms.